The fraction of sp³-hybridized carbons (Fsp3) is 0.412. The molecule has 128 valence electrons. The molecule has 5 nitrogen and oxygen atoms in total. The number of rotatable bonds is 5. The average molecular weight is 333 g/mol. The van der Waals surface area contributed by atoms with E-state index in [1.54, 1.807) is 6.20 Å². The van der Waals surface area contributed by atoms with E-state index in [9.17, 15) is 8.78 Å². The number of hydrogen-bond acceptors (Lipinski definition) is 5. The van der Waals surface area contributed by atoms with Gasteiger partial charge in [0.05, 0.1) is 0 Å². The lowest BCUT2D eigenvalue weighted by molar-refractivity contribution is 0.245. The first-order chi connectivity index (χ1) is 11.7. The van der Waals surface area contributed by atoms with Gasteiger partial charge >= 0.3 is 0 Å². The maximum Gasteiger partial charge on any atom is 0.227 e. The zero-order chi connectivity index (χ0) is 16.9. The second-order valence-electron chi connectivity index (χ2n) is 5.77. The number of halogens is 2. The van der Waals surface area contributed by atoms with Crippen LogP contribution in [0, 0.1) is 11.6 Å². The van der Waals surface area contributed by atoms with Crippen LogP contribution in [0.25, 0.3) is 0 Å². The van der Waals surface area contributed by atoms with Gasteiger partial charge in [-0.15, -0.1) is 0 Å². The molecule has 0 bridgehead atoms. The topological polar surface area (TPSA) is 44.3 Å². The van der Waals surface area contributed by atoms with Gasteiger partial charge in [-0.3, -0.25) is 4.90 Å². The Balaban J connectivity index is 1.59. The zero-order valence-electron chi connectivity index (χ0n) is 13.7. The Kier molecular flexibility index (Phi) is 5.20. The van der Waals surface area contributed by atoms with Gasteiger partial charge in [0.15, 0.2) is 0 Å². The molecule has 24 heavy (non-hydrogen) atoms. The first-order valence-corrected chi connectivity index (χ1v) is 8.14. The van der Waals surface area contributed by atoms with Gasteiger partial charge in [-0.25, -0.2) is 13.8 Å². The van der Waals surface area contributed by atoms with E-state index < -0.39 is 5.82 Å². The third-order valence-electron chi connectivity index (χ3n) is 4.06. The smallest absolute Gasteiger partial charge is 0.227 e. The highest BCUT2D eigenvalue weighted by Gasteiger charge is 2.20. The molecule has 1 N–H and O–H groups in total. The van der Waals surface area contributed by atoms with Crippen LogP contribution in [0.5, 0.6) is 0 Å². The van der Waals surface area contributed by atoms with Gasteiger partial charge in [0.25, 0.3) is 0 Å². The van der Waals surface area contributed by atoms with Gasteiger partial charge in [-0.2, -0.15) is 4.98 Å². The molecule has 1 fully saturated rings. The number of nitrogens with one attached hydrogen (secondary N) is 1. The Morgan fingerprint density at radius 2 is 1.92 bits per heavy atom. The van der Waals surface area contributed by atoms with E-state index in [2.05, 4.69) is 25.1 Å². The normalized spacial score (nSPS) is 15.5. The Morgan fingerprint density at radius 3 is 2.67 bits per heavy atom. The van der Waals surface area contributed by atoms with E-state index in [-0.39, 0.29) is 5.82 Å². The average Bonchev–Trinajstić information content (AvgIpc) is 2.59. The lowest BCUT2D eigenvalue weighted by atomic mass is 10.2. The summed E-state index contributed by atoms with van der Waals surface area (Å²) in [4.78, 5) is 13.0. The van der Waals surface area contributed by atoms with Crippen LogP contribution in [0.2, 0.25) is 0 Å². The summed E-state index contributed by atoms with van der Waals surface area (Å²) < 4.78 is 27.0. The third kappa shape index (κ3) is 3.97. The highest BCUT2D eigenvalue weighted by atomic mass is 19.1. The van der Waals surface area contributed by atoms with Crippen LogP contribution in [-0.4, -0.2) is 47.6 Å². The van der Waals surface area contributed by atoms with Crippen molar-refractivity contribution in [2.75, 3.05) is 42.9 Å². The second kappa shape index (κ2) is 7.53. The summed E-state index contributed by atoms with van der Waals surface area (Å²) in [6.07, 6.45) is 1.74. The zero-order valence-corrected chi connectivity index (χ0v) is 13.7. The van der Waals surface area contributed by atoms with Gasteiger partial charge in [-0.05, 0) is 31.2 Å². The fourth-order valence-corrected chi connectivity index (χ4v) is 2.79. The molecule has 0 spiro atoms. The van der Waals surface area contributed by atoms with E-state index in [0.717, 1.165) is 44.6 Å². The SMILES string of the molecule is CCNc1ccnc(N2CCN(Cc3cc(F)ccc3F)CC2)n1. The van der Waals surface area contributed by atoms with E-state index in [1.807, 2.05) is 13.0 Å². The number of piperazine rings is 1. The van der Waals surface area contributed by atoms with Crippen LogP contribution >= 0.6 is 0 Å². The van der Waals surface area contributed by atoms with Gasteiger partial charge in [-0.1, -0.05) is 0 Å². The van der Waals surface area contributed by atoms with Crippen molar-refractivity contribution in [2.45, 2.75) is 13.5 Å². The largest absolute Gasteiger partial charge is 0.370 e. The highest BCUT2D eigenvalue weighted by molar-refractivity contribution is 5.41. The molecule has 0 unspecified atom stereocenters. The summed E-state index contributed by atoms with van der Waals surface area (Å²) in [5, 5.41) is 3.17. The Morgan fingerprint density at radius 1 is 1.12 bits per heavy atom. The molecule has 2 heterocycles. The summed E-state index contributed by atoms with van der Waals surface area (Å²) >= 11 is 0. The number of aromatic nitrogens is 2. The van der Waals surface area contributed by atoms with Crippen LogP contribution in [0.1, 0.15) is 12.5 Å². The molecule has 0 amide bonds. The third-order valence-corrected chi connectivity index (χ3v) is 4.06. The van der Waals surface area contributed by atoms with Crippen LogP contribution in [0.15, 0.2) is 30.5 Å². The van der Waals surface area contributed by atoms with E-state index in [0.29, 0.717) is 18.1 Å². The molecule has 1 aliphatic heterocycles. The molecular formula is C17H21F2N5. The molecule has 7 heteroatoms. The first-order valence-electron chi connectivity index (χ1n) is 8.14. The molecule has 1 aromatic heterocycles. The van der Waals surface area contributed by atoms with Crippen molar-refractivity contribution in [3.05, 3.63) is 47.7 Å². The Bertz CT molecular complexity index is 686. The number of hydrogen-bond donors (Lipinski definition) is 1. The van der Waals surface area contributed by atoms with Crippen LogP contribution < -0.4 is 10.2 Å². The molecule has 2 aromatic rings. The summed E-state index contributed by atoms with van der Waals surface area (Å²) in [6.45, 7) is 6.26. The van der Waals surface area contributed by atoms with Gasteiger partial charge in [0.1, 0.15) is 17.5 Å². The van der Waals surface area contributed by atoms with Gasteiger partial charge in [0, 0.05) is 51.0 Å². The van der Waals surface area contributed by atoms with Crippen molar-refractivity contribution in [2.24, 2.45) is 0 Å². The first kappa shape index (κ1) is 16.6. The fourth-order valence-electron chi connectivity index (χ4n) is 2.79. The lowest BCUT2D eigenvalue weighted by Crippen LogP contribution is -2.46. The van der Waals surface area contributed by atoms with E-state index >= 15 is 0 Å². The summed E-state index contributed by atoms with van der Waals surface area (Å²) in [7, 11) is 0. The monoisotopic (exact) mass is 333 g/mol. The quantitative estimate of drug-likeness (QED) is 0.911. The molecule has 3 rings (SSSR count). The predicted molar refractivity (Wildman–Crippen MR) is 90.0 cm³/mol. The Labute approximate surface area is 140 Å². The number of anilines is 2. The van der Waals surface area contributed by atoms with E-state index in [4.69, 9.17) is 0 Å². The molecule has 1 saturated heterocycles. The predicted octanol–water partition coefficient (Wildman–Crippen LogP) is 2.51. The molecule has 0 radical (unpaired) electrons. The minimum atomic E-state index is -0.404. The van der Waals surface area contributed by atoms with Crippen LogP contribution in [0.3, 0.4) is 0 Å². The van der Waals surface area contributed by atoms with Gasteiger partial charge < -0.3 is 10.2 Å². The van der Waals surface area contributed by atoms with Gasteiger partial charge in [0.2, 0.25) is 5.95 Å². The molecule has 0 saturated carbocycles. The summed E-state index contributed by atoms with van der Waals surface area (Å²) in [5.41, 5.74) is 0.397. The lowest BCUT2D eigenvalue weighted by Gasteiger charge is -2.34. The summed E-state index contributed by atoms with van der Waals surface area (Å²) in [6, 6.07) is 5.44. The standard InChI is InChI=1S/C17H21F2N5/c1-2-20-16-5-6-21-17(22-16)24-9-7-23(8-10-24)12-13-11-14(18)3-4-15(13)19/h3-6,11H,2,7-10,12H2,1H3,(H,20,21,22). The number of benzene rings is 1. The second-order valence-corrected chi connectivity index (χ2v) is 5.77. The van der Waals surface area contributed by atoms with Crippen LogP contribution in [-0.2, 0) is 6.54 Å². The molecule has 0 aliphatic carbocycles. The van der Waals surface area contributed by atoms with Crippen molar-refractivity contribution in [1.29, 1.82) is 0 Å². The van der Waals surface area contributed by atoms with Crippen molar-refractivity contribution in [3.63, 3.8) is 0 Å². The molecular weight excluding hydrogens is 312 g/mol. The highest BCUT2D eigenvalue weighted by Crippen LogP contribution is 2.17. The minimum Gasteiger partial charge on any atom is -0.370 e. The summed E-state index contributed by atoms with van der Waals surface area (Å²) in [5.74, 6) is 0.746. The number of nitrogens with zero attached hydrogens (tertiary/aromatic N) is 4. The maximum absolute atomic E-state index is 13.8. The molecule has 1 aliphatic rings. The maximum atomic E-state index is 13.8. The van der Waals surface area contributed by atoms with Crippen molar-refractivity contribution in [1.82, 2.24) is 14.9 Å². The Hall–Kier alpha value is -2.28. The van der Waals surface area contributed by atoms with Crippen LogP contribution in [0.4, 0.5) is 20.5 Å². The van der Waals surface area contributed by atoms with Crippen molar-refractivity contribution >= 4 is 11.8 Å². The van der Waals surface area contributed by atoms with E-state index in [1.165, 1.54) is 12.1 Å². The molecule has 0 atom stereocenters. The van der Waals surface area contributed by atoms with Crippen molar-refractivity contribution < 1.29 is 8.78 Å². The minimum absolute atomic E-state index is 0.361. The van der Waals surface area contributed by atoms with Crippen molar-refractivity contribution in [3.8, 4) is 0 Å². The molecule has 1 aromatic carbocycles.